The largest absolute Gasteiger partial charge is 0.479 e. The fourth-order valence-electron chi connectivity index (χ4n) is 2.43. The molecule has 0 spiro atoms. The van der Waals surface area contributed by atoms with E-state index in [2.05, 4.69) is 4.74 Å². The van der Waals surface area contributed by atoms with Crippen LogP contribution in [-0.2, 0) is 9.53 Å². The number of carbonyl (C=O) groups excluding carboxylic acids is 1. The van der Waals surface area contributed by atoms with Crippen LogP contribution in [0.5, 0.6) is 5.75 Å². The number of methoxy groups -OCH3 is 1. The number of rotatable bonds is 4. The van der Waals surface area contributed by atoms with Gasteiger partial charge in [-0.1, -0.05) is 23.7 Å². The summed E-state index contributed by atoms with van der Waals surface area (Å²) in [5.74, 6) is -0.0765. The van der Waals surface area contributed by atoms with Gasteiger partial charge < -0.3 is 13.9 Å². The van der Waals surface area contributed by atoms with Gasteiger partial charge in [-0.3, -0.25) is 4.79 Å². The van der Waals surface area contributed by atoms with Crippen molar-refractivity contribution in [1.82, 2.24) is 0 Å². The number of esters is 1. The Hall–Kier alpha value is -2.79. The summed E-state index contributed by atoms with van der Waals surface area (Å²) in [6.07, 6.45) is 0.643. The summed E-state index contributed by atoms with van der Waals surface area (Å²) in [5, 5.41) is 1.01. The van der Waals surface area contributed by atoms with Crippen molar-refractivity contribution < 1.29 is 18.7 Å². The lowest BCUT2D eigenvalue weighted by atomic mass is 10.1. The van der Waals surface area contributed by atoms with Crippen molar-refractivity contribution in [2.75, 3.05) is 7.11 Å². The first-order valence-electron chi connectivity index (χ1n) is 7.55. The second-order valence-corrected chi connectivity index (χ2v) is 5.86. The van der Waals surface area contributed by atoms with Gasteiger partial charge in [0.1, 0.15) is 17.6 Å². The zero-order chi connectivity index (χ0) is 18.0. The number of hydrogen-bond acceptors (Lipinski definition) is 5. The third kappa shape index (κ3) is 3.51. The fourth-order valence-corrected chi connectivity index (χ4v) is 2.55. The predicted molar refractivity (Wildman–Crippen MR) is 95.0 cm³/mol. The van der Waals surface area contributed by atoms with Crippen LogP contribution in [0, 0.1) is 0 Å². The van der Waals surface area contributed by atoms with Crippen LogP contribution in [0.3, 0.4) is 0 Å². The summed E-state index contributed by atoms with van der Waals surface area (Å²) in [6, 6.07) is 11.7. The Kier molecular flexibility index (Phi) is 4.76. The normalized spacial score (nSPS) is 12.0. The number of carbonyl (C=O) groups is 1. The average molecular weight is 359 g/mol. The standard InChI is InChI=1S/C19H15ClO5/c1-11(19(22)23-2)25-14-7-8-15-17(9-14)24-10-16(18(15)21)12-3-5-13(20)6-4-12/h3-11H,1-2H3/t11-/m0/s1. The molecule has 128 valence electrons. The van der Waals surface area contributed by atoms with E-state index < -0.39 is 12.1 Å². The van der Waals surface area contributed by atoms with Crippen molar-refractivity contribution in [2.24, 2.45) is 0 Å². The van der Waals surface area contributed by atoms with E-state index in [0.717, 1.165) is 5.56 Å². The van der Waals surface area contributed by atoms with Gasteiger partial charge in [0.2, 0.25) is 0 Å². The molecule has 0 radical (unpaired) electrons. The molecule has 1 atom stereocenters. The Labute approximate surface area is 148 Å². The molecule has 0 bridgehead atoms. The SMILES string of the molecule is COC(=O)[C@H](C)Oc1ccc2c(=O)c(-c3ccc(Cl)cc3)coc2c1. The first-order chi connectivity index (χ1) is 12.0. The molecule has 0 aliphatic carbocycles. The van der Waals surface area contributed by atoms with E-state index in [0.29, 0.717) is 27.3 Å². The topological polar surface area (TPSA) is 65.7 Å². The van der Waals surface area contributed by atoms with Gasteiger partial charge in [-0.2, -0.15) is 0 Å². The van der Waals surface area contributed by atoms with E-state index in [4.69, 9.17) is 20.8 Å². The Morgan fingerprint density at radius 1 is 1.16 bits per heavy atom. The molecule has 0 N–H and O–H groups in total. The molecule has 0 unspecified atom stereocenters. The zero-order valence-corrected chi connectivity index (χ0v) is 14.4. The van der Waals surface area contributed by atoms with Crippen LogP contribution in [0.1, 0.15) is 6.92 Å². The summed E-state index contributed by atoms with van der Waals surface area (Å²) >= 11 is 5.88. The molecule has 5 nitrogen and oxygen atoms in total. The second kappa shape index (κ2) is 6.99. The monoisotopic (exact) mass is 358 g/mol. The maximum Gasteiger partial charge on any atom is 0.346 e. The van der Waals surface area contributed by atoms with Gasteiger partial charge >= 0.3 is 5.97 Å². The Balaban J connectivity index is 1.98. The van der Waals surface area contributed by atoms with Crippen LogP contribution < -0.4 is 10.2 Å². The number of fused-ring (bicyclic) bond motifs is 1. The molecule has 1 aromatic heterocycles. The van der Waals surface area contributed by atoms with Crippen LogP contribution >= 0.6 is 11.6 Å². The lowest BCUT2D eigenvalue weighted by molar-refractivity contribution is -0.147. The molecule has 0 saturated heterocycles. The molecule has 0 aliphatic rings. The van der Waals surface area contributed by atoms with Gasteiger partial charge in [0.25, 0.3) is 0 Å². The van der Waals surface area contributed by atoms with Crippen LogP contribution in [0.4, 0.5) is 0 Å². The second-order valence-electron chi connectivity index (χ2n) is 5.43. The van der Waals surface area contributed by atoms with E-state index in [1.807, 2.05) is 0 Å². The summed E-state index contributed by atoms with van der Waals surface area (Å²) < 4.78 is 15.7. The molecule has 1 heterocycles. The summed E-state index contributed by atoms with van der Waals surface area (Å²) in [6.45, 7) is 1.58. The predicted octanol–water partition coefficient (Wildman–Crippen LogP) is 4.05. The van der Waals surface area contributed by atoms with E-state index in [1.165, 1.54) is 13.4 Å². The highest BCUT2D eigenvalue weighted by atomic mass is 35.5. The van der Waals surface area contributed by atoms with Crippen LogP contribution in [0.2, 0.25) is 5.02 Å². The lowest BCUT2D eigenvalue weighted by Crippen LogP contribution is -2.24. The van der Waals surface area contributed by atoms with Crippen molar-refractivity contribution in [3.05, 3.63) is 64.0 Å². The van der Waals surface area contributed by atoms with E-state index >= 15 is 0 Å². The molecular formula is C19H15ClO5. The Morgan fingerprint density at radius 3 is 2.56 bits per heavy atom. The number of benzene rings is 2. The highest BCUT2D eigenvalue weighted by molar-refractivity contribution is 6.30. The third-order valence-electron chi connectivity index (χ3n) is 3.75. The number of ether oxygens (including phenoxy) is 2. The zero-order valence-electron chi connectivity index (χ0n) is 13.6. The molecule has 0 amide bonds. The molecule has 25 heavy (non-hydrogen) atoms. The van der Waals surface area contributed by atoms with Gasteiger partial charge in [0.05, 0.1) is 18.1 Å². The number of halogens is 1. The van der Waals surface area contributed by atoms with Gasteiger partial charge in [0, 0.05) is 11.1 Å². The van der Waals surface area contributed by atoms with Crippen molar-refractivity contribution >= 4 is 28.5 Å². The van der Waals surface area contributed by atoms with E-state index in [9.17, 15) is 9.59 Å². The summed E-state index contributed by atoms with van der Waals surface area (Å²) in [5.41, 5.74) is 1.38. The minimum atomic E-state index is -0.762. The van der Waals surface area contributed by atoms with E-state index in [-0.39, 0.29) is 5.43 Å². The average Bonchev–Trinajstić information content (AvgIpc) is 2.62. The molecule has 3 rings (SSSR count). The lowest BCUT2D eigenvalue weighted by Gasteiger charge is -2.12. The smallest absolute Gasteiger partial charge is 0.346 e. The van der Waals surface area contributed by atoms with Gasteiger partial charge in [-0.15, -0.1) is 0 Å². The molecule has 6 heteroatoms. The Morgan fingerprint density at radius 2 is 1.88 bits per heavy atom. The molecular weight excluding hydrogens is 344 g/mol. The van der Waals surface area contributed by atoms with Crippen LogP contribution in [-0.4, -0.2) is 19.2 Å². The maximum atomic E-state index is 12.7. The van der Waals surface area contributed by atoms with Gasteiger partial charge in [-0.25, -0.2) is 4.79 Å². The van der Waals surface area contributed by atoms with Crippen LogP contribution in [0.25, 0.3) is 22.1 Å². The Bertz CT molecular complexity index is 975. The minimum Gasteiger partial charge on any atom is -0.479 e. The molecule has 0 fully saturated rings. The quantitative estimate of drug-likeness (QED) is 0.658. The highest BCUT2D eigenvalue weighted by Crippen LogP contribution is 2.24. The third-order valence-corrected chi connectivity index (χ3v) is 4.00. The van der Waals surface area contributed by atoms with Gasteiger partial charge in [0.15, 0.2) is 11.5 Å². The fraction of sp³-hybridized carbons (Fsp3) is 0.158. The number of hydrogen-bond donors (Lipinski definition) is 0. The first kappa shape index (κ1) is 17.0. The highest BCUT2D eigenvalue weighted by Gasteiger charge is 2.16. The van der Waals surface area contributed by atoms with E-state index in [1.54, 1.807) is 49.4 Å². The van der Waals surface area contributed by atoms with Crippen LogP contribution in [0.15, 0.2) is 57.9 Å². The molecule has 2 aromatic carbocycles. The van der Waals surface area contributed by atoms with Crippen molar-refractivity contribution in [2.45, 2.75) is 13.0 Å². The first-order valence-corrected chi connectivity index (χ1v) is 7.93. The van der Waals surface area contributed by atoms with Gasteiger partial charge in [-0.05, 0) is 36.8 Å². The van der Waals surface area contributed by atoms with Crippen molar-refractivity contribution in [3.8, 4) is 16.9 Å². The molecule has 0 saturated carbocycles. The van der Waals surface area contributed by atoms with Crippen molar-refractivity contribution in [1.29, 1.82) is 0 Å². The molecule has 0 aliphatic heterocycles. The van der Waals surface area contributed by atoms with Crippen molar-refractivity contribution in [3.63, 3.8) is 0 Å². The summed E-state index contributed by atoms with van der Waals surface area (Å²) in [7, 11) is 1.29. The summed E-state index contributed by atoms with van der Waals surface area (Å²) in [4.78, 5) is 24.1. The maximum absolute atomic E-state index is 12.7. The minimum absolute atomic E-state index is 0.156. The molecule has 3 aromatic rings.